The van der Waals surface area contributed by atoms with Crippen LogP contribution in [0.2, 0.25) is 0 Å². The summed E-state index contributed by atoms with van der Waals surface area (Å²) < 4.78 is 1.65. The molecule has 11 heavy (non-hydrogen) atoms. The monoisotopic (exact) mass is 169 g/mol. The number of rotatable bonds is 2. The molecule has 0 heterocycles. The molecule has 0 aliphatic carbocycles. The molecule has 1 aromatic carbocycles. The van der Waals surface area contributed by atoms with E-state index in [9.17, 15) is 0 Å². The number of benzene rings is 1. The number of nitrogens with zero attached hydrogens (tertiary/aromatic N) is 1. The van der Waals surface area contributed by atoms with E-state index in [0.717, 1.165) is 6.54 Å². The molecule has 0 saturated carbocycles. The Labute approximate surface area is 72.7 Å². The third-order valence-corrected chi connectivity index (χ3v) is 1.60. The summed E-state index contributed by atoms with van der Waals surface area (Å²) in [5.41, 5.74) is 2.53. The molecule has 0 fully saturated rings. The average molecular weight is 170 g/mol. The molecule has 1 rings (SSSR count). The molecule has 0 radical (unpaired) electrons. The molecule has 1 nitrogen and oxygen atoms in total. The maximum Gasteiger partial charge on any atom is 0.0386 e. The van der Waals surface area contributed by atoms with Crippen LogP contribution in [-0.2, 0) is 6.54 Å². The van der Waals surface area contributed by atoms with E-state index in [-0.39, 0.29) is 0 Å². The van der Waals surface area contributed by atoms with Gasteiger partial charge in [0.25, 0.3) is 0 Å². The van der Waals surface area contributed by atoms with E-state index in [0.29, 0.717) is 0 Å². The summed E-state index contributed by atoms with van der Waals surface area (Å²) in [6.07, 6.45) is 0. The highest BCUT2D eigenvalue weighted by molar-refractivity contribution is 6.13. The zero-order chi connectivity index (χ0) is 8.27. The van der Waals surface area contributed by atoms with Crippen molar-refractivity contribution in [3.63, 3.8) is 0 Å². The van der Waals surface area contributed by atoms with Crippen molar-refractivity contribution in [2.24, 2.45) is 0 Å². The molecule has 0 amide bonds. The van der Waals surface area contributed by atoms with Crippen molar-refractivity contribution < 1.29 is 0 Å². The fourth-order valence-corrected chi connectivity index (χ4v) is 1.20. The quantitative estimate of drug-likeness (QED) is 0.616. The second-order valence-electron chi connectivity index (χ2n) is 2.75. The molecular formula is C9H12ClN. The number of aryl methyl sites for hydroxylation is 1. The van der Waals surface area contributed by atoms with Gasteiger partial charge in [-0.1, -0.05) is 29.8 Å². The molecule has 0 aromatic heterocycles. The fraction of sp³-hybridized carbons (Fsp3) is 0.333. The summed E-state index contributed by atoms with van der Waals surface area (Å²) in [5, 5.41) is 0. The van der Waals surface area contributed by atoms with Gasteiger partial charge in [0, 0.05) is 13.6 Å². The second-order valence-corrected chi connectivity index (χ2v) is 3.33. The van der Waals surface area contributed by atoms with E-state index in [1.807, 2.05) is 13.1 Å². The first-order valence-electron chi connectivity index (χ1n) is 3.61. The molecule has 2 heteroatoms. The molecule has 0 atom stereocenters. The van der Waals surface area contributed by atoms with Gasteiger partial charge in [-0.3, -0.25) is 0 Å². The molecule has 60 valence electrons. The van der Waals surface area contributed by atoms with Gasteiger partial charge >= 0.3 is 0 Å². The van der Waals surface area contributed by atoms with Gasteiger partial charge in [-0.2, -0.15) is 0 Å². The van der Waals surface area contributed by atoms with Crippen LogP contribution in [0.1, 0.15) is 11.1 Å². The van der Waals surface area contributed by atoms with Crippen LogP contribution in [0.4, 0.5) is 0 Å². The van der Waals surface area contributed by atoms with E-state index < -0.39 is 0 Å². The second kappa shape index (κ2) is 3.74. The summed E-state index contributed by atoms with van der Waals surface area (Å²) in [6.45, 7) is 2.88. The zero-order valence-corrected chi connectivity index (χ0v) is 7.60. The van der Waals surface area contributed by atoms with Gasteiger partial charge in [0.1, 0.15) is 0 Å². The predicted molar refractivity (Wildman–Crippen MR) is 48.5 cm³/mol. The molecule has 0 aliphatic heterocycles. The van der Waals surface area contributed by atoms with Gasteiger partial charge in [-0.25, -0.2) is 4.42 Å². The Bertz CT molecular complexity index is 233. The topological polar surface area (TPSA) is 3.24 Å². The highest BCUT2D eigenvalue weighted by Gasteiger charge is 1.95. The van der Waals surface area contributed by atoms with Crippen LogP contribution >= 0.6 is 11.8 Å². The van der Waals surface area contributed by atoms with Gasteiger partial charge < -0.3 is 0 Å². The largest absolute Gasteiger partial charge is 0.219 e. The minimum Gasteiger partial charge on any atom is -0.219 e. The third kappa shape index (κ3) is 2.91. The van der Waals surface area contributed by atoms with E-state index in [2.05, 4.69) is 25.1 Å². The Balaban J connectivity index is 2.71. The third-order valence-electron chi connectivity index (χ3n) is 1.48. The minimum atomic E-state index is 0.795. The van der Waals surface area contributed by atoms with Crippen molar-refractivity contribution in [1.82, 2.24) is 4.42 Å². The molecule has 0 unspecified atom stereocenters. The first kappa shape index (κ1) is 8.57. The Morgan fingerprint density at radius 3 is 2.73 bits per heavy atom. The molecule has 0 aliphatic rings. The van der Waals surface area contributed by atoms with Crippen molar-refractivity contribution in [3.8, 4) is 0 Å². The van der Waals surface area contributed by atoms with Gasteiger partial charge in [0.15, 0.2) is 0 Å². The lowest BCUT2D eigenvalue weighted by Gasteiger charge is -2.06. The summed E-state index contributed by atoms with van der Waals surface area (Å²) >= 11 is 5.70. The van der Waals surface area contributed by atoms with E-state index in [4.69, 9.17) is 11.8 Å². The summed E-state index contributed by atoms with van der Waals surface area (Å²) in [4.78, 5) is 0. The van der Waals surface area contributed by atoms with Gasteiger partial charge in [-0.15, -0.1) is 0 Å². The van der Waals surface area contributed by atoms with Crippen molar-refractivity contribution in [3.05, 3.63) is 35.4 Å². The lowest BCUT2D eigenvalue weighted by Crippen LogP contribution is -2.03. The van der Waals surface area contributed by atoms with Crippen molar-refractivity contribution in [1.29, 1.82) is 0 Å². The van der Waals surface area contributed by atoms with Crippen LogP contribution in [0.25, 0.3) is 0 Å². The standard InChI is InChI=1S/C9H12ClN/c1-8-4-3-5-9(6-8)7-11(2)10/h3-6H,7H2,1-2H3. The van der Waals surface area contributed by atoms with Crippen LogP contribution in [-0.4, -0.2) is 11.5 Å². The van der Waals surface area contributed by atoms with E-state index >= 15 is 0 Å². The van der Waals surface area contributed by atoms with Crippen molar-refractivity contribution in [2.75, 3.05) is 7.05 Å². The normalized spacial score (nSPS) is 10.5. The lowest BCUT2D eigenvalue weighted by molar-refractivity contribution is 0.546. The molecule has 1 aromatic rings. The first-order valence-corrected chi connectivity index (χ1v) is 3.95. The van der Waals surface area contributed by atoms with Crippen molar-refractivity contribution >= 4 is 11.8 Å². The number of hydrogen-bond donors (Lipinski definition) is 0. The van der Waals surface area contributed by atoms with Crippen LogP contribution in [0.15, 0.2) is 24.3 Å². The Hall–Kier alpha value is -0.530. The molecule has 0 N–H and O–H groups in total. The van der Waals surface area contributed by atoms with Crippen LogP contribution < -0.4 is 0 Å². The van der Waals surface area contributed by atoms with Gasteiger partial charge in [0.05, 0.1) is 0 Å². The fourth-order valence-electron chi connectivity index (χ4n) is 1.06. The van der Waals surface area contributed by atoms with E-state index in [1.54, 1.807) is 4.42 Å². The predicted octanol–water partition coefficient (Wildman–Crippen LogP) is 2.58. The summed E-state index contributed by atoms with van der Waals surface area (Å²) in [6, 6.07) is 8.34. The zero-order valence-electron chi connectivity index (χ0n) is 6.84. The summed E-state index contributed by atoms with van der Waals surface area (Å²) in [7, 11) is 1.85. The Morgan fingerprint density at radius 1 is 1.45 bits per heavy atom. The highest BCUT2D eigenvalue weighted by Crippen LogP contribution is 2.07. The average Bonchev–Trinajstić information content (AvgIpc) is 1.85. The Kier molecular flexibility index (Phi) is 2.92. The summed E-state index contributed by atoms with van der Waals surface area (Å²) in [5.74, 6) is 0. The van der Waals surface area contributed by atoms with Crippen molar-refractivity contribution in [2.45, 2.75) is 13.5 Å². The minimum absolute atomic E-state index is 0.795. The van der Waals surface area contributed by atoms with E-state index in [1.165, 1.54) is 11.1 Å². The van der Waals surface area contributed by atoms with Crippen LogP contribution in [0.5, 0.6) is 0 Å². The lowest BCUT2D eigenvalue weighted by atomic mass is 10.1. The smallest absolute Gasteiger partial charge is 0.0386 e. The van der Waals surface area contributed by atoms with Crippen LogP contribution in [0.3, 0.4) is 0 Å². The molecular weight excluding hydrogens is 158 g/mol. The number of hydrogen-bond acceptors (Lipinski definition) is 1. The van der Waals surface area contributed by atoms with Gasteiger partial charge in [-0.05, 0) is 24.3 Å². The molecule has 0 saturated heterocycles. The maximum atomic E-state index is 5.70. The van der Waals surface area contributed by atoms with Gasteiger partial charge in [0.2, 0.25) is 0 Å². The number of halogens is 1. The first-order chi connectivity index (χ1) is 5.18. The molecule has 0 bridgehead atoms. The maximum absolute atomic E-state index is 5.70. The highest BCUT2D eigenvalue weighted by atomic mass is 35.5. The SMILES string of the molecule is Cc1cccc(CN(C)Cl)c1. The molecule has 0 spiro atoms. The van der Waals surface area contributed by atoms with Crippen LogP contribution in [0, 0.1) is 6.92 Å². The Morgan fingerprint density at radius 2 is 2.18 bits per heavy atom.